The number of carbonyl (C=O) groups excluding carboxylic acids is 1. The Balaban J connectivity index is 1.14. The average molecular weight is 548 g/mol. The Kier molecular flexibility index (Phi) is 10.1. The van der Waals surface area contributed by atoms with Gasteiger partial charge in [0.2, 0.25) is 0 Å². The van der Waals surface area contributed by atoms with Crippen LogP contribution in [0, 0.1) is 23.2 Å². The van der Waals surface area contributed by atoms with Crippen LogP contribution < -0.4 is 16.1 Å². The van der Waals surface area contributed by atoms with Gasteiger partial charge >= 0.3 is 6.03 Å². The highest BCUT2D eigenvalue weighted by molar-refractivity contribution is 5.74. The van der Waals surface area contributed by atoms with Crippen LogP contribution in [0.25, 0.3) is 0 Å². The first-order valence-corrected chi connectivity index (χ1v) is 16.3. The molecule has 2 amide bonds. The van der Waals surface area contributed by atoms with E-state index < -0.39 is 0 Å². The van der Waals surface area contributed by atoms with Gasteiger partial charge in [0.1, 0.15) is 0 Å². The number of amides is 2. The molecule has 0 bridgehead atoms. The topological polar surface area (TPSA) is 78.1 Å². The molecule has 2 aliphatic heterocycles. The second-order valence-corrected chi connectivity index (χ2v) is 14.4. The normalized spacial score (nSPS) is 38.8. The van der Waals surface area contributed by atoms with Gasteiger partial charge in [0.25, 0.3) is 0 Å². The fraction of sp³-hybridized carbons (Fsp3) is 0.968. The van der Waals surface area contributed by atoms with Crippen LogP contribution in [0.4, 0.5) is 4.79 Å². The minimum absolute atomic E-state index is 0.0199. The molecule has 0 spiro atoms. The van der Waals surface area contributed by atoms with Crippen molar-refractivity contribution in [2.24, 2.45) is 23.2 Å². The van der Waals surface area contributed by atoms with Crippen LogP contribution in [-0.2, 0) is 9.47 Å². The summed E-state index contributed by atoms with van der Waals surface area (Å²) in [5.41, 5.74) is 3.99. The molecular weight excluding hydrogens is 490 g/mol. The molecule has 0 aromatic carbocycles. The van der Waals surface area contributed by atoms with Crippen LogP contribution in [0.3, 0.4) is 0 Å². The maximum Gasteiger partial charge on any atom is 0.316 e. The number of urea groups is 1. The van der Waals surface area contributed by atoms with Gasteiger partial charge in [-0.15, -0.1) is 0 Å². The third-order valence-corrected chi connectivity index (χ3v) is 10.6. The second kappa shape index (κ2) is 13.4. The highest BCUT2D eigenvalue weighted by Crippen LogP contribution is 2.42. The Labute approximate surface area is 237 Å². The maximum absolute atomic E-state index is 13.5. The second-order valence-electron chi connectivity index (χ2n) is 14.4. The van der Waals surface area contributed by atoms with Gasteiger partial charge in [0, 0.05) is 37.8 Å². The predicted molar refractivity (Wildman–Crippen MR) is 155 cm³/mol. The lowest BCUT2D eigenvalue weighted by atomic mass is 9.67. The van der Waals surface area contributed by atoms with E-state index in [0.29, 0.717) is 30.0 Å². The Morgan fingerprint density at radius 2 is 1.67 bits per heavy atom. The van der Waals surface area contributed by atoms with Gasteiger partial charge in [-0.05, 0) is 81.0 Å². The molecule has 3 aliphatic carbocycles. The lowest BCUT2D eigenvalue weighted by Gasteiger charge is -2.46. The van der Waals surface area contributed by atoms with Crippen molar-refractivity contribution in [3.05, 3.63) is 0 Å². The zero-order chi connectivity index (χ0) is 27.4. The minimum atomic E-state index is 0.0199. The van der Waals surface area contributed by atoms with Crippen LogP contribution in [0.5, 0.6) is 0 Å². The molecular formula is C31H57N5O3. The first-order valence-electron chi connectivity index (χ1n) is 16.3. The van der Waals surface area contributed by atoms with E-state index in [2.05, 4.69) is 53.7 Å². The van der Waals surface area contributed by atoms with Crippen molar-refractivity contribution in [2.45, 2.75) is 129 Å². The summed E-state index contributed by atoms with van der Waals surface area (Å²) in [6.45, 7) is 14.8. The van der Waals surface area contributed by atoms with Crippen molar-refractivity contribution in [3.63, 3.8) is 0 Å². The van der Waals surface area contributed by atoms with Crippen molar-refractivity contribution in [1.29, 1.82) is 0 Å². The molecule has 39 heavy (non-hydrogen) atoms. The van der Waals surface area contributed by atoms with Gasteiger partial charge in [0.15, 0.2) is 0 Å². The number of carbonyl (C=O) groups is 1. The van der Waals surface area contributed by atoms with Crippen molar-refractivity contribution in [3.8, 4) is 0 Å². The van der Waals surface area contributed by atoms with Crippen molar-refractivity contribution in [1.82, 2.24) is 26.0 Å². The van der Waals surface area contributed by atoms with E-state index in [1.165, 1.54) is 51.4 Å². The Morgan fingerprint density at radius 3 is 2.38 bits per heavy atom. The number of rotatable bonds is 7. The third kappa shape index (κ3) is 7.68. The molecule has 0 aromatic heterocycles. The summed E-state index contributed by atoms with van der Waals surface area (Å²) in [4.78, 5) is 15.9. The highest BCUT2D eigenvalue weighted by atomic mass is 16.5. The van der Waals surface area contributed by atoms with Gasteiger partial charge in [-0.2, -0.15) is 0 Å². The molecule has 0 aromatic rings. The number of fused-ring (bicyclic) bond motifs is 1. The summed E-state index contributed by atoms with van der Waals surface area (Å²) in [5.74, 6) is 1.92. The number of hydrogen-bond acceptors (Lipinski definition) is 6. The van der Waals surface area contributed by atoms with Crippen molar-refractivity contribution in [2.75, 3.05) is 39.5 Å². The van der Waals surface area contributed by atoms with E-state index in [1.807, 2.05) is 0 Å². The molecule has 6 atom stereocenters. The fourth-order valence-corrected chi connectivity index (χ4v) is 8.04. The van der Waals surface area contributed by atoms with Gasteiger partial charge in [-0.3, -0.25) is 4.90 Å². The zero-order valence-corrected chi connectivity index (χ0v) is 25.3. The summed E-state index contributed by atoms with van der Waals surface area (Å²) in [6, 6.07) is 1.15. The Hall–Kier alpha value is -0.930. The molecule has 8 heteroatoms. The number of hydrazine groups is 1. The molecule has 5 aliphatic rings. The molecule has 3 saturated carbocycles. The predicted octanol–water partition coefficient (Wildman–Crippen LogP) is 4.50. The standard InChI is InChI=1S/C31H57N5O3/c1-22-9-11-23(12-10-22)36-29(21-28(34-36)31(2,3)4)33-30(37)32-26-13-14-27(25-8-6-5-7-24(25)26)39-20-17-35-15-18-38-19-16-35/h22-29,34H,5-21H2,1-4H3,(H2,32,33,37). The zero-order valence-electron chi connectivity index (χ0n) is 25.3. The van der Waals surface area contributed by atoms with Crippen molar-refractivity contribution >= 4 is 6.03 Å². The molecule has 5 rings (SSSR count). The van der Waals surface area contributed by atoms with E-state index in [1.54, 1.807) is 0 Å². The van der Waals surface area contributed by atoms with Gasteiger partial charge in [-0.25, -0.2) is 15.2 Å². The van der Waals surface area contributed by atoms with Gasteiger partial charge in [-0.1, -0.05) is 40.5 Å². The van der Waals surface area contributed by atoms with Crippen LogP contribution in [0.15, 0.2) is 0 Å². The third-order valence-electron chi connectivity index (χ3n) is 10.6. The number of nitrogens with one attached hydrogen (secondary N) is 3. The average Bonchev–Trinajstić information content (AvgIpc) is 3.35. The molecule has 2 saturated heterocycles. The number of nitrogens with zero attached hydrogens (tertiary/aromatic N) is 2. The first-order chi connectivity index (χ1) is 18.8. The maximum atomic E-state index is 13.5. The Morgan fingerprint density at radius 1 is 0.949 bits per heavy atom. The molecule has 5 fully saturated rings. The first kappa shape index (κ1) is 29.6. The summed E-state index contributed by atoms with van der Waals surface area (Å²) in [6.07, 6.45) is 13.4. The lowest BCUT2D eigenvalue weighted by molar-refractivity contribution is -0.0658. The van der Waals surface area contributed by atoms with E-state index in [-0.39, 0.29) is 23.7 Å². The molecule has 8 nitrogen and oxygen atoms in total. The van der Waals surface area contributed by atoms with Crippen LogP contribution >= 0.6 is 0 Å². The van der Waals surface area contributed by atoms with Crippen LogP contribution in [-0.4, -0.2) is 85.8 Å². The number of hydrogen-bond donors (Lipinski definition) is 3. The van der Waals surface area contributed by atoms with Crippen LogP contribution in [0.2, 0.25) is 0 Å². The van der Waals surface area contributed by atoms with E-state index in [9.17, 15) is 4.79 Å². The smallest absolute Gasteiger partial charge is 0.316 e. The SMILES string of the molecule is CC1CCC(N2NC(C(C)(C)C)CC2NC(=O)NC2CCC(OCCN3CCOCC3)C3CCCCC23)CC1. The summed E-state index contributed by atoms with van der Waals surface area (Å²) < 4.78 is 12.0. The Bertz CT molecular complexity index is 777. The quantitative estimate of drug-likeness (QED) is 0.436. The molecule has 0 radical (unpaired) electrons. The van der Waals surface area contributed by atoms with Gasteiger partial charge in [0.05, 0.1) is 32.1 Å². The molecule has 2 heterocycles. The minimum Gasteiger partial charge on any atom is -0.379 e. The largest absolute Gasteiger partial charge is 0.379 e. The van der Waals surface area contributed by atoms with Crippen LogP contribution in [0.1, 0.15) is 98.3 Å². The molecule has 3 N–H and O–H groups in total. The van der Waals surface area contributed by atoms with E-state index in [0.717, 1.165) is 64.6 Å². The monoisotopic (exact) mass is 547 g/mol. The van der Waals surface area contributed by atoms with E-state index in [4.69, 9.17) is 9.47 Å². The van der Waals surface area contributed by atoms with Crippen molar-refractivity contribution < 1.29 is 14.3 Å². The highest BCUT2D eigenvalue weighted by Gasteiger charge is 2.44. The lowest BCUT2D eigenvalue weighted by Crippen LogP contribution is -2.58. The van der Waals surface area contributed by atoms with E-state index >= 15 is 0 Å². The van der Waals surface area contributed by atoms with Gasteiger partial charge < -0.3 is 20.1 Å². The summed E-state index contributed by atoms with van der Waals surface area (Å²) >= 11 is 0. The fourth-order valence-electron chi connectivity index (χ4n) is 8.04. The molecule has 6 unspecified atom stereocenters. The number of ether oxygens (including phenoxy) is 2. The summed E-state index contributed by atoms with van der Waals surface area (Å²) in [7, 11) is 0. The summed E-state index contributed by atoms with van der Waals surface area (Å²) in [5, 5.41) is 9.33. The molecule has 224 valence electrons. The number of morpholine rings is 1.